The minimum atomic E-state index is 0. The normalized spacial score (nSPS) is 28.0. The van der Waals surface area contributed by atoms with Crippen molar-refractivity contribution in [1.29, 1.82) is 0 Å². The maximum absolute atomic E-state index is 2.71. The minimum absolute atomic E-state index is 0. The van der Waals surface area contributed by atoms with Crippen molar-refractivity contribution in [3.63, 3.8) is 0 Å². The Morgan fingerprint density at radius 3 is 1.63 bits per heavy atom. The molecule has 0 saturated heterocycles. The van der Waals surface area contributed by atoms with Gasteiger partial charge in [0.15, 0.2) is 0 Å². The summed E-state index contributed by atoms with van der Waals surface area (Å²) in [4.78, 5) is 0. The Balaban J connectivity index is 0.00000160. The second kappa shape index (κ2) is 12.2. The monoisotopic (exact) mass is 732 g/mol. The van der Waals surface area contributed by atoms with Crippen LogP contribution in [0.3, 0.4) is 0 Å². The largest absolute Gasteiger partial charge is 2.00 e. The quantitative estimate of drug-likeness (QED) is 0.336. The van der Waals surface area contributed by atoms with Crippen molar-refractivity contribution in [2.24, 2.45) is 34.5 Å². The predicted octanol–water partition coefficient (Wildman–Crippen LogP) is 5.93. The van der Waals surface area contributed by atoms with Crippen LogP contribution in [0.5, 0.6) is 0 Å². The number of halogens is 2. The molecule has 5 aliphatic rings. The van der Waals surface area contributed by atoms with Gasteiger partial charge in [0.1, 0.15) is 0 Å². The van der Waals surface area contributed by atoms with E-state index in [-0.39, 0.29) is 72.7 Å². The van der Waals surface area contributed by atoms with E-state index in [1.165, 1.54) is 59.1 Å². The van der Waals surface area contributed by atoms with Crippen molar-refractivity contribution in [2.75, 3.05) is 0 Å². The van der Waals surface area contributed by atoms with Crippen LogP contribution in [-0.2, 0) is 37.0 Å². The summed E-state index contributed by atoms with van der Waals surface area (Å²) in [6.07, 6.45) is 13.2. The van der Waals surface area contributed by atoms with Crippen molar-refractivity contribution >= 4 is 0 Å². The van der Waals surface area contributed by atoms with Crippen LogP contribution >= 0.6 is 0 Å². The Morgan fingerprint density at radius 1 is 0.696 bits per heavy atom. The molecule has 2 aromatic carbocycles. The van der Waals surface area contributed by atoms with Crippen LogP contribution < -0.4 is 24.8 Å². The summed E-state index contributed by atoms with van der Waals surface area (Å²) in [6.45, 7) is 29.0. The molecule has 0 N–H and O–H groups in total. The smallest absolute Gasteiger partial charge is 1.00 e. The number of aryl methyl sites for hydroxylation is 2. The fourth-order valence-electron chi connectivity index (χ4n) is 10.5. The average molecular weight is 735 g/mol. The van der Waals surface area contributed by atoms with Crippen LogP contribution in [0.4, 0.5) is 0 Å². The third-order valence-electron chi connectivity index (χ3n) is 12.5. The zero-order chi connectivity index (χ0) is 31.0. The van der Waals surface area contributed by atoms with E-state index >= 15 is 0 Å². The van der Waals surface area contributed by atoms with Crippen LogP contribution in [0.25, 0.3) is 11.1 Å². The van der Waals surface area contributed by atoms with Crippen LogP contribution in [0.15, 0.2) is 59.2 Å². The molecule has 0 aliphatic heterocycles. The van der Waals surface area contributed by atoms with Gasteiger partial charge in [0.25, 0.3) is 0 Å². The summed E-state index contributed by atoms with van der Waals surface area (Å²) in [5.74, 6) is 3.56. The van der Waals surface area contributed by atoms with Gasteiger partial charge in [-0.3, -0.25) is 0 Å². The second-order valence-electron chi connectivity index (χ2n) is 18.6. The van der Waals surface area contributed by atoms with Gasteiger partial charge in [-0.25, -0.2) is 0 Å². The van der Waals surface area contributed by atoms with Crippen molar-refractivity contribution in [3.05, 3.63) is 92.6 Å². The Hall–Kier alpha value is -0.877. The average Bonchev–Trinajstić information content (AvgIpc) is 3.68. The molecule has 46 heavy (non-hydrogen) atoms. The summed E-state index contributed by atoms with van der Waals surface area (Å²) in [6, 6.07) is 10.4. The van der Waals surface area contributed by atoms with E-state index < -0.39 is 0 Å². The Labute approximate surface area is 312 Å². The number of fused-ring (bicyclic) bond motifs is 5. The number of benzene rings is 2. The maximum Gasteiger partial charge on any atom is 2.00 e. The molecule has 0 spiro atoms. The first kappa shape index (κ1) is 37.9. The van der Waals surface area contributed by atoms with Gasteiger partial charge in [-0.05, 0) is 130 Å². The van der Waals surface area contributed by atoms with E-state index in [9.17, 15) is 0 Å². The summed E-state index contributed by atoms with van der Waals surface area (Å²) < 4.78 is 0. The first-order valence-electron chi connectivity index (χ1n) is 17.3. The molecule has 7 rings (SSSR count). The fourth-order valence-corrected chi connectivity index (χ4v) is 10.5. The molecule has 0 amide bonds. The SMILES string of the molecule is Cc1cc2c(cc1C(C)(C)C)-c1cc(C(C)(C)C)c(C)cc1C2C1(C)CC(C2CC3C=CC2C3)C2=C1C=C(C(C)(C)C)C2.[Cl-].[Cl-].[Zr+2]. The van der Waals surface area contributed by atoms with Crippen molar-refractivity contribution in [3.8, 4) is 11.1 Å². The van der Waals surface area contributed by atoms with E-state index in [0.717, 1.165) is 17.8 Å². The first-order valence-corrected chi connectivity index (χ1v) is 17.3. The Morgan fingerprint density at radius 2 is 1.22 bits per heavy atom. The van der Waals surface area contributed by atoms with Crippen molar-refractivity contribution in [1.82, 2.24) is 0 Å². The molecule has 1 saturated carbocycles. The molecule has 0 radical (unpaired) electrons. The molecule has 5 unspecified atom stereocenters. The van der Waals surface area contributed by atoms with Gasteiger partial charge < -0.3 is 24.8 Å². The standard InChI is InChI=1S/C43H56.2ClH.Zr/c1-24-15-33-30(21-36(24)41(6,7)8)31-22-37(42(9,10)11)25(2)16-34(31)39(33)43(12)23-35(29-18-26-13-14-27(29)17-26)32-19-28(20-38(32)43)40(3,4)5;;;/h13-16,20-22,26-27,29,35,39H,17-19,23H2,1-12H3;2*1H;/q;;;+2/p-2. The van der Waals surface area contributed by atoms with E-state index in [1.807, 2.05) is 5.57 Å². The molecule has 246 valence electrons. The fraction of sp³-hybridized carbons (Fsp3) is 0.581. The molecule has 0 nitrogen and oxygen atoms in total. The van der Waals surface area contributed by atoms with Crippen LogP contribution in [0.2, 0.25) is 0 Å². The summed E-state index contributed by atoms with van der Waals surface area (Å²) >= 11 is 0. The van der Waals surface area contributed by atoms with Gasteiger partial charge in [0.05, 0.1) is 0 Å². The zero-order valence-corrected chi connectivity index (χ0v) is 34.5. The van der Waals surface area contributed by atoms with E-state index in [1.54, 1.807) is 22.3 Å². The predicted molar refractivity (Wildman–Crippen MR) is 185 cm³/mol. The molecular formula is C43H56Cl2Zr. The van der Waals surface area contributed by atoms with Crippen molar-refractivity contribution in [2.45, 2.75) is 126 Å². The van der Waals surface area contributed by atoms with Gasteiger partial charge in [0, 0.05) is 11.3 Å². The van der Waals surface area contributed by atoms with Gasteiger partial charge in [0.2, 0.25) is 0 Å². The van der Waals surface area contributed by atoms with E-state index in [0.29, 0.717) is 11.8 Å². The summed E-state index contributed by atoms with van der Waals surface area (Å²) in [5, 5.41) is 0. The van der Waals surface area contributed by atoms with Gasteiger partial charge in [-0.15, -0.1) is 0 Å². The number of allylic oxidation sites excluding steroid dienone is 6. The molecule has 1 fully saturated rings. The first-order chi connectivity index (χ1) is 19.9. The molecule has 0 aromatic heterocycles. The maximum atomic E-state index is 2.71. The van der Waals surface area contributed by atoms with Gasteiger partial charge >= 0.3 is 26.2 Å². The molecule has 0 heterocycles. The third-order valence-corrected chi connectivity index (χ3v) is 12.5. The molecule has 2 bridgehead atoms. The van der Waals surface area contributed by atoms with Crippen LogP contribution in [0.1, 0.15) is 134 Å². The number of hydrogen-bond donors (Lipinski definition) is 0. The Bertz CT molecular complexity index is 1560. The van der Waals surface area contributed by atoms with Crippen LogP contribution in [-0.4, -0.2) is 0 Å². The molecule has 5 aliphatic carbocycles. The van der Waals surface area contributed by atoms with E-state index in [4.69, 9.17) is 0 Å². The van der Waals surface area contributed by atoms with Crippen molar-refractivity contribution < 1.29 is 51.0 Å². The second-order valence-corrected chi connectivity index (χ2v) is 18.6. The molecule has 3 heteroatoms. The molecule has 2 aromatic rings. The number of rotatable bonds is 2. The topological polar surface area (TPSA) is 0 Å². The molecular weight excluding hydrogens is 679 g/mol. The van der Waals surface area contributed by atoms with E-state index in [2.05, 4.69) is 126 Å². The minimum Gasteiger partial charge on any atom is -1.00 e. The zero-order valence-electron chi connectivity index (χ0n) is 30.5. The van der Waals surface area contributed by atoms with Gasteiger partial charge in [-0.2, -0.15) is 0 Å². The van der Waals surface area contributed by atoms with Crippen LogP contribution in [0, 0.1) is 48.3 Å². The third kappa shape index (κ3) is 5.77. The number of hydrogen-bond acceptors (Lipinski definition) is 0. The van der Waals surface area contributed by atoms with Gasteiger partial charge in [-0.1, -0.05) is 123 Å². The Kier molecular flexibility index (Phi) is 10.0. The summed E-state index contributed by atoms with van der Waals surface area (Å²) in [7, 11) is 0. The summed E-state index contributed by atoms with van der Waals surface area (Å²) in [5.41, 5.74) is 17.9. The molecule has 5 atom stereocenters.